The quantitative estimate of drug-likeness (QED) is 0.750. The molecule has 0 radical (unpaired) electrons. The van der Waals surface area contributed by atoms with Gasteiger partial charge in [-0.3, -0.25) is 4.98 Å². The number of piperidine rings is 1. The Hall–Kier alpha value is -1.58. The van der Waals surface area contributed by atoms with Crippen LogP contribution in [0.25, 0.3) is 0 Å². The highest BCUT2D eigenvalue weighted by Crippen LogP contribution is 2.24. The van der Waals surface area contributed by atoms with Crippen LogP contribution in [0.5, 0.6) is 0 Å². The summed E-state index contributed by atoms with van der Waals surface area (Å²) >= 11 is 0. The molecule has 0 N–H and O–H groups in total. The van der Waals surface area contributed by atoms with Crippen LogP contribution in [0.2, 0.25) is 0 Å². The van der Waals surface area contributed by atoms with Crippen LogP contribution in [0.15, 0.2) is 24.5 Å². The maximum absolute atomic E-state index is 11.9. The molecule has 0 bridgehead atoms. The number of esters is 1. The van der Waals surface area contributed by atoms with E-state index < -0.39 is 0 Å². The summed E-state index contributed by atoms with van der Waals surface area (Å²) in [5.41, 5.74) is 1.00. The lowest BCUT2D eigenvalue weighted by molar-refractivity contribution is -0.145. The van der Waals surface area contributed by atoms with E-state index in [4.69, 9.17) is 4.74 Å². The van der Waals surface area contributed by atoms with Crippen LogP contribution in [-0.4, -0.2) is 30.1 Å². The van der Waals surface area contributed by atoms with Crippen molar-refractivity contribution < 1.29 is 9.53 Å². The molecule has 0 aliphatic carbocycles. The molecule has 17 heavy (non-hydrogen) atoms. The predicted molar refractivity (Wildman–Crippen MR) is 65.9 cm³/mol. The molecule has 1 aromatic rings. The van der Waals surface area contributed by atoms with E-state index >= 15 is 0 Å². The molecular formula is C13H18N2O2. The monoisotopic (exact) mass is 234 g/mol. The van der Waals surface area contributed by atoms with Gasteiger partial charge in [-0.05, 0) is 38.3 Å². The van der Waals surface area contributed by atoms with Crippen LogP contribution in [0, 0.1) is 0 Å². The minimum absolute atomic E-state index is 0.115. The molecule has 0 amide bonds. The lowest BCUT2D eigenvalue weighted by Gasteiger charge is -2.35. The van der Waals surface area contributed by atoms with E-state index in [-0.39, 0.29) is 12.0 Å². The first-order valence-corrected chi connectivity index (χ1v) is 6.16. The maximum Gasteiger partial charge on any atom is 0.328 e. The van der Waals surface area contributed by atoms with Gasteiger partial charge in [-0.2, -0.15) is 0 Å². The zero-order valence-corrected chi connectivity index (χ0v) is 10.1. The zero-order chi connectivity index (χ0) is 12.1. The Labute approximate surface area is 102 Å². The standard InChI is InChI=1S/C13H18N2O2/c1-2-17-13(16)12-7-3-4-9-15(12)11-6-5-8-14-10-11/h5-6,8,10,12H,2-4,7,9H2,1H3/t12-/m0/s1. The van der Waals surface area contributed by atoms with Crippen molar-refractivity contribution >= 4 is 11.7 Å². The summed E-state index contributed by atoms with van der Waals surface area (Å²) in [5, 5.41) is 0. The van der Waals surface area contributed by atoms with Gasteiger partial charge in [0, 0.05) is 12.7 Å². The number of hydrogen-bond donors (Lipinski definition) is 0. The van der Waals surface area contributed by atoms with Gasteiger partial charge in [0.2, 0.25) is 0 Å². The summed E-state index contributed by atoms with van der Waals surface area (Å²) in [5.74, 6) is -0.115. The minimum Gasteiger partial charge on any atom is -0.464 e. The number of anilines is 1. The van der Waals surface area contributed by atoms with Gasteiger partial charge < -0.3 is 9.64 Å². The van der Waals surface area contributed by atoms with Crippen molar-refractivity contribution in [2.75, 3.05) is 18.1 Å². The molecule has 0 aromatic carbocycles. The fraction of sp³-hybridized carbons (Fsp3) is 0.538. The second-order valence-electron chi connectivity index (χ2n) is 4.17. The van der Waals surface area contributed by atoms with Crippen LogP contribution in [-0.2, 0) is 9.53 Å². The third kappa shape index (κ3) is 2.75. The van der Waals surface area contributed by atoms with E-state index in [0.717, 1.165) is 31.5 Å². The number of pyridine rings is 1. The molecule has 0 spiro atoms. The van der Waals surface area contributed by atoms with Gasteiger partial charge in [-0.1, -0.05) is 0 Å². The van der Waals surface area contributed by atoms with Gasteiger partial charge in [-0.25, -0.2) is 4.79 Å². The summed E-state index contributed by atoms with van der Waals surface area (Å²) in [6, 6.07) is 3.74. The van der Waals surface area contributed by atoms with Gasteiger partial charge in [-0.15, -0.1) is 0 Å². The highest BCUT2D eigenvalue weighted by molar-refractivity contribution is 5.80. The molecular weight excluding hydrogens is 216 g/mol. The van der Waals surface area contributed by atoms with Crippen molar-refractivity contribution in [2.24, 2.45) is 0 Å². The first kappa shape index (κ1) is 11.9. The Bertz CT molecular complexity index is 367. The third-order valence-corrected chi connectivity index (χ3v) is 3.04. The number of carbonyl (C=O) groups excluding carboxylic acids is 1. The Morgan fingerprint density at radius 1 is 1.59 bits per heavy atom. The topological polar surface area (TPSA) is 42.4 Å². The van der Waals surface area contributed by atoms with Gasteiger partial charge in [0.25, 0.3) is 0 Å². The Morgan fingerprint density at radius 2 is 2.47 bits per heavy atom. The first-order valence-electron chi connectivity index (χ1n) is 6.16. The Morgan fingerprint density at radius 3 is 3.18 bits per heavy atom. The highest BCUT2D eigenvalue weighted by Gasteiger charge is 2.29. The Kier molecular flexibility index (Phi) is 3.96. The van der Waals surface area contributed by atoms with E-state index in [9.17, 15) is 4.79 Å². The molecule has 1 fully saturated rings. The fourth-order valence-corrected chi connectivity index (χ4v) is 2.25. The summed E-state index contributed by atoms with van der Waals surface area (Å²) in [7, 11) is 0. The maximum atomic E-state index is 11.9. The summed E-state index contributed by atoms with van der Waals surface area (Å²) in [6.45, 7) is 3.18. The van der Waals surface area contributed by atoms with E-state index in [1.54, 1.807) is 12.4 Å². The normalized spacial score (nSPS) is 20.1. The second kappa shape index (κ2) is 5.66. The molecule has 1 atom stereocenters. The molecule has 4 nitrogen and oxygen atoms in total. The zero-order valence-electron chi connectivity index (χ0n) is 10.1. The summed E-state index contributed by atoms with van der Waals surface area (Å²) < 4.78 is 5.13. The van der Waals surface area contributed by atoms with Crippen molar-refractivity contribution in [3.8, 4) is 0 Å². The lowest BCUT2D eigenvalue weighted by Crippen LogP contribution is -2.45. The summed E-state index contributed by atoms with van der Waals surface area (Å²) in [4.78, 5) is 18.1. The largest absolute Gasteiger partial charge is 0.464 e. The molecule has 4 heteroatoms. The molecule has 92 valence electrons. The van der Waals surface area contributed by atoms with Crippen LogP contribution in [0.4, 0.5) is 5.69 Å². The van der Waals surface area contributed by atoms with Crippen molar-refractivity contribution in [2.45, 2.75) is 32.2 Å². The van der Waals surface area contributed by atoms with Crippen molar-refractivity contribution in [1.29, 1.82) is 0 Å². The van der Waals surface area contributed by atoms with Crippen molar-refractivity contribution in [1.82, 2.24) is 4.98 Å². The number of carbonyl (C=O) groups is 1. The fourth-order valence-electron chi connectivity index (χ4n) is 2.25. The minimum atomic E-state index is -0.145. The number of aromatic nitrogens is 1. The van der Waals surface area contributed by atoms with Crippen LogP contribution >= 0.6 is 0 Å². The van der Waals surface area contributed by atoms with Crippen LogP contribution in [0.1, 0.15) is 26.2 Å². The molecule has 1 aliphatic heterocycles. The average molecular weight is 234 g/mol. The van der Waals surface area contributed by atoms with Gasteiger partial charge in [0.15, 0.2) is 0 Å². The van der Waals surface area contributed by atoms with E-state index in [2.05, 4.69) is 9.88 Å². The number of nitrogens with zero attached hydrogens (tertiary/aromatic N) is 2. The van der Waals surface area contributed by atoms with Crippen molar-refractivity contribution in [3.63, 3.8) is 0 Å². The number of hydrogen-bond acceptors (Lipinski definition) is 4. The molecule has 2 heterocycles. The molecule has 2 rings (SSSR count). The summed E-state index contributed by atoms with van der Waals surface area (Å²) in [6.07, 6.45) is 6.61. The van der Waals surface area contributed by atoms with Gasteiger partial charge in [0.1, 0.15) is 6.04 Å². The van der Waals surface area contributed by atoms with E-state index in [0.29, 0.717) is 6.61 Å². The van der Waals surface area contributed by atoms with E-state index in [1.807, 2.05) is 19.1 Å². The SMILES string of the molecule is CCOC(=O)[C@@H]1CCCCN1c1cccnc1. The highest BCUT2D eigenvalue weighted by atomic mass is 16.5. The molecule has 1 saturated heterocycles. The lowest BCUT2D eigenvalue weighted by atomic mass is 10.0. The molecule has 0 unspecified atom stereocenters. The molecule has 1 aliphatic rings. The first-order chi connectivity index (χ1) is 8.33. The smallest absolute Gasteiger partial charge is 0.328 e. The second-order valence-corrected chi connectivity index (χ2v) is 4.17. The number of ether oxygens (including phenoxy) is 1. The third-order valence-electron chi connectivity index (χ3n) is 3.04. The number of rotatable bonds is 3. The molecule has 1 aromatic heterocycles. The van der Waals surface area contributed by atoms with Crippen LogP contribution in [0.3, 0.4) is 0 Å². The predicted octanol–water partition coefficient (Wildman–Crippen LogP) is 2.00. The van der Waals surface area contributed by atoms with Gasteiger partial charge in [0.05, 0.1) is 18.5 Å². The average Bonchev–Trinajstić information content (AvgIpc) is 2.40. The Balaban J connectivity index is 2.15. The van der Waals surface area contributed by atoms with Crippen molar-refractivity contribution in [3.05, 3.63) is 24.5 Å². The van der Waals surface area contributed by atoms with Gasteiger partial charge >= 0.3 is 5.97 Å². The molecule has 0 saturated carbocycles. The van der Waals surface area contributed by atoms with E-state index in [1.165, 1.54) is 0 Å². The van der Waals surface area contributed by atoms with Crippen LogP contribution < -0.4 is 4.90 Å².